The van der Waals surface area contributed by atoms with Crippen molar-refractivity contribution in [1.29, 1.82) is 0 Å². The molecule has 0 atom stereocenters. The topological polar surface area (TPSA) is 0 Å². The molecule has 4 aromatic rings. The number of rotatable bonds is 1. The Balaban J connectivity index is 0.000000375. The Bertz CT molecular complexity index is 1230. The molecule has 1 aliphatic carbocycles. The molecule has 0 heterocycles. The molecule has 0 fully saturated rings. The Hall–Kier alpha value is -1.54. The molecule has 3 heteroatoms. The average molecular weight is 668 g/mol. The summed E-state index contributed by atoms with van der Waals surface area (Å²) in [6.07, 6.45) is 8.49. The van der Waals surface area contributed by atoms with Gasteiger partial charge in [-0.2, -0.15) is 17.7 Å². The molecule has 5 rings (SSSR count). The van der Waals surface area contributed by atoms with Gasteiger partial charge in [0.15, 0.2) is 0 Å². The molecule has 1 aliphatic rings. The quantitative estimate of drug-likeness (QED) is 0.216. The molecule has 35 heavy (non-hydrogen) atoms. The standard InChI is InChI=1S/C21H25.C11H9.2ClH.Hf/c1-20(2,3)16-7-9-18-14(12-16)11-15-13-17(21(4,5)6)8-10-19(15)18;1-2-6-10(7-3-1)11-8-4-5-9-11;;;/h7-13H,1-6H3;1-4,6-8H,5H2;2*1H;/q2*-1;;;+4/p-2. The van der Waals surface area contributed by atoms with Gasteiger partial charge in [0.2, 0.25) is 0 Å². The zero-order valence-electron chi connectivity index (χ0n) is 21.5. The van der Waals surface area contributed by atoms with E-state index in [4.69, 9.17) is 0 Å². The van der Waals surface area contributed by atoms with Crippen molar-refractivity contribution >= 4 is 27.1 Å². The van der Waals surface area contributed by atoms with Crippen molar-refractivity contribution in [2.45, 2.75) is 58.8 Å². The van der Waals surface area contributed by atoms with Gasteiger partial charge in [-0.1, -0.05) is 102 Å². The van der Waals surface area contributed by atoms with Gasteiger partial charge in [-0.25, -0.2) is 0 Å². The molecular formula is C32H34Cl2Hf. The molecule has 0 saturated carbocycles. The Morgan fingerprint density at radius 1 is 0.686 bits per heavy atom. The van der Waals surface area contributed by atoms with E-state index in [1.807, 2.05) is 6.07 Å². The molecule has 0 N–H and O–H groups in total. The summed E-state index contributed by atoms with van der Waals surface area (Å²) in [6, 6.07) is 26.5. The van der Waals surface area contributed by atoms with E-state index in [1.165, 1.54) is 43.8 Å². The van der Waals surface area contributed by atoms with Gasteiger partial charge in [-0.3, -0.25) is 0 Å². The molecular weight excluding hydrogens is 634 g/mol. The van der Waals surface area contributed by atoms with Crippen molar-refractivity contribution in [3.63, 3.8) is 0 Å². The van der Waals surface area contributed by atoms with E-state index in [1.54, 1.807) is 0 Å². The second kappa shape index (κ2) is 12.6. The number of fused-ring (bicyclic) bond motifs is 3. The largest absolute Gasteiger partial charge is 4.00 e. The van der Waals surface area contributed by atoms with Crippen LogP contribution in [0.25, 0.3) is 27.1 Å². The van der Waals surface area contributed by atoms with Crippen LogP contribution in [0.15, 0.2) is 84.9 Å². The summed E-state index contributed by atoms with van der Waals surface area (Å²) in [5, 5.41) is 5.48. The number of allylic oxidation sites excluding steroid dienone is 4. The van der Waals surface area contributed by atoms with Crippen molar-refractivity contribution in [3.8, 4) is 0 Å². The van der Waals surface area contributed by atoms with Crippen LogP contribution >= 0.6 is 0 Å². The van der Waals surface area contributed by atoms with Gasteiger partial charge < -0.3 is 24.8 Å². The van der Waals surface area contributed by atoms with Gasteiger partial charge in [-0.15, -0.1) is 63.5 Å². The van der Waals surface area contributed by atoms with Gasteiger partial charge >= 0.3 is 25.8 Å². The number of benzene rings is 3. The summed E-state index contributed by atoms with van der Waals surface area (Å²) in [5.41, 5.74) is 5.71. The number of hydrogen-bond donors (Lipinski definition) is 0. The van der Waals surface area contributed by atoms with Crippen LogP contribution in [0, 0.1) is 6.08 Å². The molecule has 0 spiro atoms. The molecule has 0 bridgehead atoms. The van der Waals surface area contributed by atoms with E-state index in [0.717, 1.165) is 6.42 Å². The maximum absolute atomic E-state index is 3.28. The first-order chi connectivity index (χ1) is 15.1. The van der Waals surface area contributed by atoms with E-state index < -0.39 is 0 Å². The molecule has 0 aromatic heterocycles. The zero-order valence-corrected chi connectivity index (χ0v) is 26.7. The van der Waals surface area contributed by atoms with Crippen molar-refractivity contribution in [2.75, 3.05) is 0 Å². The molecule has 0 amide bonds. The minimum atomic E-state index is 0. The summed E-state index contributed by atoms with van der Waals surface area (Å²) in [4.78, 5) is 0. The van der Waals surface area contributed by atoms with Gasteiger partial charge in [0.05, 0.1) is 0 Å². The molecule has 0 nitrogen and oxygen atoms in total. The third-order valence-corrected chi connectivity index (χ3v) is 6.22. The molecule has 180 valence electrons. The third kappa shape index (κ3) is 7.48. The van der Waals surface area contributed by atoms with Crippen molar-refractivity contribution < 1.29 is 50.7 Å². The number of hydrogen-bond acceptors (Lipinski definition) is 0. The molecule has 0 aliphatic heterocycles. The Morgan fingerprint density at radius 3 is 1.57 bits per heavy atom. The molecule has 4 aromatic carbocycles. The molecule has 0 saturated heterocycles. The molecule has 0 unspecified atom stereocenters. The van der Waals surface area contributed by atoms with E-state index in [2.05, 4.69) is 127 Å². The van der Waals surface area contributed by atoms with Crippen LogP contribution in [0.4, 0.5) is 0 Å². The number of halogens is 2. The van der Waals surface area contributed by atoms with E-state index in [-0.39, 0.29) is 61.5 Å². The van der Waals surface area contributed by atoms with Gasteiger partial charge in [-0.05, 0) is 10.8 Å². The van der Waals surface area contributed by atoms with Crippen LogP contribution in [0.1, 0.15) is 64.7 Å². The fraction of sp³-hybridized carbons (Fsp3) is 0.281. The van der Waals surface area contributed by atoms with E-state index in [0.29, 0.717) is 0 Å². The van der Waals surface area contributed by atoms with Crippen molar-refractivity contribution in [1.82, 2.24) is 0 Å². The van der Waals surface area contributed by atoms with Crippen LogP contribution < -0.4 is 24.8 Å². The maximum Gasteiger partial charge on any atom is 4.00 e. The normalized spacial score (nSPS) is 12.7. The summed E-state index contributed by atoms with van der Waals surface area (Å²) in [5.74, 6) is 0. The first kappa shape index (κ1) is 31.5. The molecule has 0 radical (unpaired) electrons. The second-order valence-corrected chi connectivity index (χ2v) is 10.8. The van der Waals surface area contributed by atoms with E-state index >= 15 is 0 Å². The predicted molar refractivity (Wildman–Crippen MR) is 141 cm³/mol. The van der Waals surface area contributed by atoms with E-state index in [9.17, 15) is 0 Å². The smallest absolute Gasteiger partial charge is 1.00 e. The fourth-order valence-corrected chi connectivity index (χ4v) is 4.18. The van der Waals surface area contributed by atoms with Gasteiger partial charge in [0.1, 0.15) is 0 Å². The zero-order chi connectivity index (χ0) is 22.9. The summed E-state index contributed by atoms with van der Waals surface area (Å²) in [7, 11) is 0. The predicted octanol–water partition coefficient (Wildman–Crippen LogP) is 3.15. The van der Waals surface area contributed by atoms with Crippen LogP contribution in [0.3, 0.4) is 0 Å². The Labute approximate surface area is 242 Å². The minimum absolute atomic E-state index is 0. The Kier molecular flexibility index (Phi) is 11.4. The minimum Gasteiger partial charge on any atom is -1.00 e. The first-order valence-corrected chi connectivity index (χ1v) is 11.6. The van der Waals surface area contributed by atoms with Crippen LogP contribution in [-0.4, -0.2) is 0 Å². The summed E-state index contributed by atoms with van der Waals surface area (Å²) >= 11 is 0. The van der Waals surface area contributed by atoms with Crippen LogP contribution in [0.5, 0.6) is 0 Å². The van der Waals surface area contributed by atoms with Crippen molar-refractivity contribution in [2.24, 2.45) is 0 Å². The third-order valence-electron chi connectivity index (χ3n) is 6.22. The summed E-state index contributed by atoms with van der Waals surface area (Å²) in [6.45, 7) is 13.6. The second-order valence-electron chi connectivity index (χ2n) is 10.8. The van der Waals surface area contributed by atoms with Gasteiger partial charge in [0.25, 0.3) is 0 Å². The van der Waals surface area contributed by atoms with Crippen molar-refractivity contribution in [3.05, 3.63) is 108 Å². The van der Waals surface area contributed by atoms with Gasteiger partial charge in [0, 0.05) is 0 Å². The van der Waals surface area contributed by atoms with Crippen LogP contribution in [0.2, 0.25) is 0 Å². The maximum atomic E-state index is 3.28. The summed E-state index contributed by atoms with van der Waals surface area (Å²) < 4.78 is 0. The fourth-order valence-electron chi connectivity index (χ4n) is 4.18. The monoisotopic (exact) mass is 668 g/mol. The SMILES string of the molecule is CC(C)(C)c1ccc2c(c1)[cH-]c1cc(C(C)(C)C)ccc12.[C-]1=C(c2ccccc2)C=CC1.[Cl-].[Cl-].[Hf+4]. The first-order valence-electron chi connectivity index (χ1n) is 11.6. The Morgan fingerprint density at radius 2 is 1.17 bits per heavy atom. The average Bonchev–Trinajstić information content (AvgIpc) is 3.40. The van der Waals surface area contributed by atoms with Crippen LogP contribution in [-0.2, 0) is 36.7 Å².